The number of rotatable bonds is 7. The Labute approximate surface area is 192 Å². The largest absolute Gasteiger partial charge is 0.484 e. The summed E-state index contributed by atoms with van der Waals surface area (Å²) >= 11 is 0. The maximum atomic E-state index is 12.3. The Bertz CT molecular complexity index is 981. The number of nitrogens with one attached hydrogen (secondary N) is 2. The Morgan fingerprint density at radius 1 is 1.00 bits per heavy atom. The number of anilines is 1. The molecule has 4 nitrogen and oxygen atoms in total. The summed E-state index contributed by atoms with van der Waals surface area (Å²) in [6, 6.07) is 15.9. The molecule has 6 rings (SSSR count). The van der Waals surface area contributed by atoms with E-state index in [4.69, 9.17) is 4.74 Å². The molecule has 4 bridgehead atoms. The lowest BCUT2D eigenvalue weighted by molar-refractivity contribution is -0.118. The summed E-state index contributed by atoms with van der Waals surface area (Å²) < 4.78 is 5.79. The predicted molar refractivity (Wildman–Crippen MR) is 129 cm³/mol. The Balaban J connectivity index is 1.17. The molecule has 4 heteroatoms. The van der Waals surface area contributed by atoms with Crippen molar-refractivity contribution in [3.8, 4) is 5.75 Å². The molecule has 0 radical (unpaired) electrons. The Morgan fingerprint density at radius 2 is 1.72 bits per heavy atom. The molecule has 4 fully saturated rings. The normalized spacial score (nSPS) is 32.7. The SMILES string of the molecule is Cc1ccc(NC(=O)COc2cccc(CNC34CC5CC(C)(CC(C)(C5)C3)C4)c2)cc1. The van der Waals surface area contributed by atoms with Gasteiger partial charge >= 0.3 is 0 Å². The topological polar surface area (TPSA) is 50.4 Å². The lowest BCUT2D eigenvalue weighted by atomic mass is 9.43. The zero-order valence-electron chi connectivity index (χ0n) is 19.7. The third-order valence-corrected chi connectivity index (χ3v) is 7.90. The van der Waals surface area contributed by atoms with Crippen molar-refractivity contribution in [3.63, 3.8) is 0 Å². The molecule has 2 aromatic carbocycles. The lowest BCUT2D eigenvalue weighted by Crippen LogP contribution is -2.63. The van der Waals surface area contributed by atoms with Gasteiger partial charge in [-0.05, 0) is 92.0 Å². The molecule has 0 saturated heterocycles. The van der Waals surface area contributed by atoms with Gasteiger partial charge in [-0.15, -0.1) is 0 Å². The average molecular weight is 433 g/mol. The van der Waals surface area contributed by atoms with E-state index < -0.39 is 0 Å². The molecule has 0 spiro atoms. The second-order valence-corrected chi connectivity index (χ2v) is 11.6. The highest BCUT2D eigenvalue weighted by Gasteiger charge is 2.59. The van der Waals surface area contributed by atoms with Crippen LogP contribution >= 0.6 is 0 Å². The maximum Gasteiger partial charge on any atom is 0.262 e. The molecule has 2 N–H and O–H groups in total. The summed E-state index contributed by atoms with van der Waals surface area (Å²) in [5.74, 6) is 1.48. The Hall–Kier alpha value is -2.33. The summed E-state index contributed by atoms with van der Waals surface area (Å²) in [5, 5.41) is 6.87. The second kappa shape index (κ2) is 7.91. The number of amides is 1. The molecule has 4 aliphatic rings. The third-order valence-electron chi connectivity index (χ3n) is 7.90. The first-order valence-electron chi connectivity index (χ1n) is 12.1. The van der Waals surface area contributed by atoms with Gasteiger partial charge in [0.25, 0.3) is 5.91 Å². The summed E-state index contributed by atoms with van der Waals surface area (Å²) in [6.45, 7) is 7.92. The summed E-state index contributed by atoms with van der Waals surface area (Å²) in [5.41, 5.74) is 4.48. The fourth-order valence-electron chi connectivity index (χ4n) is 7.66. The van der Waals surface area contributed by atoms with Gasteiger partial charge < -0.3 is 15.4 Å². The molecule has 4 saturated carbocycles. The van der Waals surface area contributed by atoms with E-state index in [1.54, 1.807) is 0 Å². The van der Waals surface area contributed by atoms with Crippen LogP contribution in [0, 0.1) is 23.7 Å². The standard InChI is InChI=1S/C28H36N2O2/c1-20-7-9-23(10-8-20)30-25(31)16-32-24-6-4-5-21(11-24)15-29-28-14-22-12-26(2,18-28)17-27(3,13-22)19-28/h4-11,22,29H,12-19H2,1-3H3,(H,30,31). The van der Waals surface area contributed by atoms with E-state index in [0.29, 0.717) is 10.8 Å². The lowest BCUT2D eigenvalue weighted by Gasteiger charge is -2.65. The van der Waals surface area contributed by atoms with Crippen LogP contribution < -0.4 is 15.4 Å². The van der Waals surface area contributed by atoms with Gasteiger partial charge in [-0.3, -0.25) is 4.79 Å². The second-order valence-electron chi connectivity index (χ2n) is 11.6. The number of aryl methyl sites for hydroxylation is 1. The van der Waals surface area contributed by atoms with Crippen LogP contribution in [0.3, 0.4) is 0 Å². The van der Waals surface area contributed by atoms with Crippen LogP contribution in [0.15, 0.2) is 48.5 Å². The van der Waals surface area contributed by atoms with Crippen molar-refractivity contribution in [1.82, 2.24) is 5.32 Å². The molecule has 2 aromatic rings. The highest BCUT2D eigenvalue weighted by molar-refractivity contribution is 5.91. The van der Waals surface area contributed by atoms with Gasteiger partial charge in [-0.25, -0.2) is 0 Å². The van der Waals surface area contributed by atoms with Gasteiger partial charge in [-0.2, -0.15) is 0 Å². The fourth-order valence-corrected chi connectivity index (χ4v) is 7.66. The van der Waals surface area contributed by atoms with Crippen LogP contribution in [-0.2, 0) is 11.3 Å². The zero-order chi connectivity index (χ0) is 22.4. The van der Waals surface area contributed by atoms with Crippen LogP contribution in [0.4, 0.5) is 5.69 Å². The van der Waals surface area contributed by atoms with E-state index in [1.807, 2.05) is 43.3 Å². The first-order chi connectivity index (χ1) is 15.2. The first kappa shape index (κ1) is 21.5. The van der Waals surface area contributed by atoms with E-state index in [0.717, 1.165) is 23.9 Å². The van der Waals surface area contributed by atoms with Crippen molar-refractivity contribution in [1.29, 1.82) is 0 Å². The quantitative estimate of drug-likeness (QED) is 0.577. The van der Waals surface area contributed by atoms with Gasteiger partial charge in [0.1, 0.15) is 5.75 Å². The molecule has 2 unspecified atom stereocenters. The van der Waals surface area contributed by atoms with Crippen LogP contribution in [0.5, 0.6) is 5.75 Å². The highest BCUT2D eigenvalue weighted by atomic mass is 16.5. The molecule has 1 amide bonds. The van der Waals surface area contributed by atoms with E-state index >= 15 is 0 Å². The van der Waals surface area contributed by atoms with E-state index in [1.165, 1.54) is 49.7 Å². The minimum atomic E-state index is -0.146. The minimum absolute atomic E-state index is 0.00703. The smallest absolute Gasteiger partial charge is 0.262 e. The van der Waals surface area contributed by atoms with E-state index in [2.05, 4.69) is 36.6 Å². The zero-order valence-corrected chi connectivity index (χ0v) is 19.7. The van der Waals surface area contributed by atoms with E-state index in [9.17, 15) is 4.79 Å². The van der Waals surface area contributed by atoms with Crippen molar-refractivity contribution in [2.24, 2.45) is 16.7 Å². The fraction of sp³-hybridized carbons (Fsp3) is 0.536. The summed E-state index contributed by atoms with van der Waals surface area (Å²) in [6.07, 6.45) is 8.17. The van der Waals surface area contributed by atoms with Crippen molar-refractivity contribution >= 4 is 11.6 Å². The number of carbonyl (C=O) groups is 1. The van der Waals surface area contributed by atoms with Gasteiger partial charge in [0.05, 0.1) is 0 Å². The molecule has 0 aromatic heterocycles. The van der Waals surface area contributed by atoms with Gasteiger partial charge in [0.15, 0.2) is 6.61 Å². The third kappa shape index (κ3) is 4.56. The molecule has 170 valence electrons. The van der Waals surface area contributed by atoms with E-state index in [-0.39, 0.29) is 18.1 Å². The molecule has 4 aliphatic carbocycles. The van der Waals surface area contributed by atoms with Gasteiger partial charge in [0, 0.05) is 17.8 Å². The molecule has 0 heterocycles. The molecule has 32 heavy (non-hydrogen) atoms. The first-order valence-corrected chi connectivity index (χ1v) is 12.1. The van der Waals surface area contributed by atoms with Crippen LogP contribution in [-0.4, -0.2) is 18.1 Å². The molecule has 2 atom stereocenters. The van der Waals surface area contributed by atoms with Crippen LogP contribution in [0.1, 0.15) is 63.5 Å². The van der Waals surface area contributed by atoms with Gasteiger partial charge in [0.2, 0.25) is 0 Å². The predicted octanol–water partition coefficient (Wildman–Crippen LogP) is 5.85. The van der Waals surface area contributed by atoms with Gasteiger partial charge in [-0.1, -0.05) is 43.7 Å². The number of benzene rings is 2. The number of ether oxygens (including phenoxy) is 1. The molecular formula is C28H36N2O2. The number of carbonyl (C=O) groups excluding carboxylic acids is 1. The minimum Gasteiger partial charge on any atom is -0.484 e. The van der Waals surface area contributed by atoms with Crippen molar-refractivity contribution in [2.75, 3.05) is 11.9 Å². The van der Waals surface area contributed by atoms with Crippen LogP contribution in [0.2, 0.25) is 0 Å². The number of hydrogen-bond donors (Lipinski definition) is 2. The maximum absolute atomic E-state index is 12.3. The average Bonchev–Trinajstić information content (AvgIpc) is 2.70. The summed E-state index contributed by atoms with van der Waals surface area (Å²) in [7, 11) is 0. The monoisotopic (exact) mass is 432 g/mol. The molecular weight excluding hydrogens is 396 g/mol. The van der Waals surface area contributed by atoms with Crippen molar-refractivity contribution in [3.05, 3.63) is 59.7 Å². The van der Waals surface area contributed by atoms with Crippen molar-refractivity contribution in [2.45, 2.75) is 71.4 Å². The van der Waals surface area contributed by atoms with Crippen molar-refractivity contribution < 1.29 is 9.53 Å². The molecule has 0 aliphatic heterocycles. The Morgan fingerprint density at radius 3 is 2.41 bits per heavy atom. The number of hydrogen-bond acceptors (Lipinski definition) is 3. The Kier molecular flexibility index (Phi) is 5.32. The summed E-state index contributed by atoms with van der Waals surface area (Å²) in [4.78, 5) is 12.3. The highest BCUT2D eigenvalue weighted by Crippen LogP contribution is 2.66. The van der Waals surface area contributed by atoms with Crippen LogP contribution in [0.25, 0.3) is 0 Å².